The summed E-state index contributed by atoms with van der Waals surface area (Å²) >= 11 is 3.57. The Morgan fingerprint density at radius 2 is 1.67 bits per heavy atom. The summed E-state index contributed by atoms with van der Waals surface area (Å²) in [7, 11) is 3.48. The van der Waals surface area contributed by atoms with E-state index in [1.54, 1.807) is 11.8 Å². The predicted octanol–water partition coefficient (Wildman–Crippen LogP) is 7.58. The van der Waals surface area contributed by atoms with Crippen molar-refractivity contribution in [2.45, 2.75) is 71.3 Å². The highest BCUT2D eigenvalue weighted by molar-refractivity contribution is 9.10. The fourth-order valence-corrected chi connectivity index (χ4v) is 8.44. The molecule has 16 heteroatoms. The molecule has 0 aliphatic carbocycles. The standard InChI is InChI=1S/C45H57BrN10O5/c1-30(32-13-12-14-33(46)25-32)48-43-36-27-39(60-4)40(28-37(36)49-31(2)50-43)61-24-11-9-7-5-6-8-10-18-54-20-22-55(23-21-54)42(58)29-47-34-15-16-35-38(26-34)53(3)52-44(35)56-19-17-41(57)51-45(56)59/h12-16,25-28,30,47H,5-11,17-24,29H2,1-4H3,(H,48,49,50)(H,51,57,59)/t30-/m1/s1. The second-order valence-corrected chi connectivity index (χ2v) is 16.8. The largest absolute Gasteiger partial charge is 0.493 e. The summed E-state index contributed by atoms with van der Waals surface area (Å²) in [6.07, 6.45) is 8.32. The summed E-state index contributed by atoms with van der Waals surface area (Å²) in [6.45, 7) is 9.45. The second-order valence-electron chi connectivity index (χ2n) is 15.9. The van der Waals surface area contributed by atoms with Gasteiger partial charge in [-0.25, -0.2) is 14.8 Å². The third-order valence-electron chi connectivity index (χ3n) is 11.5. The third kappa shape index (κ3) is 11.1. The van der Waals surface area contributed by atoms with Gasteiger partial charge in [-0.3, -0.25) is 29.4 Å². The molecule has 2 aliphatic rings. The van der Waals surface area contributed by atoms with Crippen molar-refractivity contribution < 1.29 is 23.9 Å². The van der Waals surface area contributed by atoms with Gasteiger partial charge in [-0.05, 0) is 75.2 Å². The Labute approximate surface area is 365 Å². The van der Waals surface area contributed by atoms with Gasteiger partial charge in [-0.1, -0.05) is 60.2 Å². The van der Waals surface area contributed by atoms with Crippen LogP contribution in [0.4, 0.5) is 22.1 Å². The molecule has 61 heavy (non-hydrogen) atoms. The van der Waals surface area contributed by atoms with E-state index in [0.717, 1.165) is 88.9 Å². The van der Waals surface area contributed by atoms with Crippen molar-refractivity contribution in [3.8, 4) is 11.5 Å². The molecule has 0 saturated carbocycles. The van der Waals surface area contributed by atoms with Crippen LogP contribution in [-0.4, -0.2) is 107 Å². The van der Waals surface area contributed by atoms with Crippen LogP contribution in [0.1, 0.15) is 75.7 Å². The maximum absolute atomic E-state index is 13.1. The summed E-state index contributed by atoms with van der Waals surface area (Å²) in [6, 6.07) is 17.5. The molecule has 4 amide bonds. The number of aromatic nitrogens is 4. The summed E-state index contributed by atoms with van der Waals surface area (Å²) in [4.78, 5) is 52.4. The molecule has 2 fully saturated rings. The minimum atomic E-state index is -0.465. The van der Waals surface area contributed by atoms with Crippen LogP contribution in [0.15, 0.2) is 59.1 Å². The number of carbonyl (C=O) groups excluding carboxylic acids is 3. The van der Waals surface area contributed by atoms with E-state index in [9.17, 15) is 14.4 Å². The fourth-order valence-electron chi connectivity index (χ4n) is 8.03. The van der Waals surface area contributed by atoms with Gasteiger partial charge in [0.15, 0.2) is 17.3 Å². The number of methoxy groups -OCH3 is 1. The third-order valence-corrected chi connectivity index (χ3v) is 12.0. The number of amides is 4. The van der Waals surface area contributed by atoms with E-state index in [1.165, 1.54) is 37.0 Å². The highest BCUT2D eigenvalue weighted by Gasteiger charge is 2.28. The zero-order valence-corrected chi connectivity index (χ0v) is 37.2. The number of fused-ring (bicyclic) bond motifs is 2. The van der Waals surface area contributed by atoms with Gasteiger partial charge in [0.05, 0.1) is 37.3 Å². The van der Waals surface area contributed by atoms with Crippen molar-refractivity contribution in [2.75, 3.05) is 75.1 Å². The van der Waals surface area contributed by atoms with Gasteiger partial charge in [-0.15, -0.1) is 0 Å². The van der Waals surface area contributed by atoms with E-state index >= 15 is 0 Å². The van der Waals surface area contributed by atoms with Gasteiger partial charge in [0.25, 0.3) is 0 Å². The van der Waals surface area contributed by atoms with Crippen molar-refractivity contribution >= 4 is 72.9 Å². The van der Waals surface area contributed by atoms with E-state index in [2.05, 4.69) is 60.9 Å². The highest BCUT2D eigenvalue weighted by atomic mass is 79.9. The van der Waals surface area contributed by atoms with Gasteiger partial charge in [-0.2, -0.15) is 5.10 Å². The molecule has 0 unspecified atom stereocenters. The molecule has 324 valence electrons. The van der Waals surface area contributed by atoms with Crippen LogP contribution in [0.2, 0.25) is 0 Å². The molecule has 15 nitrogen and oxygen atoms in total. The molecule has 3 aromatic carbocycles. The maximum atomic E-state index is 13.1. The van der Waals surface area contributed by atoms with Crippen molar-refractivity contribution in [2.24, 2.45) is 7.05 Å². The Morgan fingerprint density at radius 3 is 2.43 bits per heavy atom. The van der Waals surface area contributed by atoms with Crippen molar-refractivity contribution in [3.05, 3.63) is 70.5 Å². The first-order valence-electron chi connectivity index (χ1n) is 21.4. The molecule has 2 aliphatic heterocycles. The molecule has 4 heterocycles. The SMILES string of the molecule is COc1cc2c(N[C@H](C)c3cccc(Br)c3)nc(C)nc2cc1OCCCCCCCCCN1CCN(C(=O)CNc2ccc3c(N4CCC(=O)NC4=O)nn(C)c3c2)CC1. The summed E-state index contributed by atoms with van der Waals surface area (Å²) < 4.78 is 14.7. The molecule has 3 N–H and O–H groups in total. The molecule has 2 saturated heterocycles. The molecule has 1 atom stereocenters. The first kappa shape index (κ1) is 43.6. The topological polar surface area (TPSA) is 159 Å². The Kier molecular flexibility index (Phi) is 14.6. The first-order valence-corrected chi connectivity index (χ1v) is 22.2. The number of aryl methyl sites for hydroxylation is 2. The summed E-state index contributed by atoms with van der Waals surface area (Å²) in [5, 5.41) is 15.4. The number of hydrogen-bond donors (Lipinski definition) is 3. The maximum Gasteiger partial charge on any atom is 0.329 e. The number of carbonyl (C=O) groups is 3. The Balaban J connectivity index is 0.757. The van der Waals surface area contributed by atoms with Gasteiger partial charge < -0.3 is 25.0 Å². The molecular formula is C45H57BrN10O5. The number of anilines is 3. The molecular weight excluding hydrogens is 840 g/mol. The van der Waals surface area contributed by atoms with Crippen LogP contribution in [0, 0.1) is 6.92 Å². The highest BCUT2D eigenvalue weighted by Crippen LogP contribution is 2.36. The number of nitrogens with one attached hydrogen (secondary N) is 3. The van der Waals surface area contributed by atoms with E-state index < -0.39 is 6.03 Å². The van der Waals surface area contributed by atoms with Gasteiger partial charge >= 0.3 is 6.03 Å². The normalized spacial score (nSPS) is 15.3. The monoisotopic (exact) mass is 896 g/mol. The van der Waals surface area contributed by atoms with E-state index in [4.69, 9.17) is 19.4 Å². The van der Waals surface area contributed by atoms with E-state index in [-0.39, 0.29) is 37.4 Å². The van der Waals surface area contributed by atoms with Gasteiger partial charge in [0.1, 0.15) is 11.6 Å². The Morgan fingerprint density at radius 1 is 0.902 bits per heavy atom. The summed E-state index contributed by atoms with van der Waals surface area (Å²) in [5.74, 6) is 3.13. The second kappa shape index (κ2) is 20.4. The van der Waals surface area contributed by atoms with Gasteiger partial charge in [0.2, 0.25) is 11.8 Å². The average molecular weight is 898 g/mol. The van der Waals surface area contributed by atoms with Crippen LogP contribution in [0.3, 0.4) is 0 Å². The van der Waals surface area contributed by atoms with Crippen LogP contribution in [-0.2, 0) is 16.6 Å². The number of nitrogens with zero attached hydrogens (tertiary/aromatic N) is 7. The number of hydrogen-bond acceptors (Lipinski definition) is 11. The number of benzene rings is 3. The van der Waals surface area contributed by atoms with Crippen LogP contribution >= 0.6 is 15.9 Å². The molecule has 0 bridgehead atoms. The minimum Gasteiger partial charge on any atom is -0.493 e. The number of imide groups is 1. The smallest absolute Gasteiger partial charge is 0.329 e. The predicted molar refractivity (Wildman–Crippen MR) is 243 cm³/mol. The van der Waals surface area contributed by atoms with Crippen molar-refractivity contribution in [1.29, 1.82) is 0 Å². The first-order chi connectivity index (χ1) is 29.6. The van der Waals surface area contributed by atoms with Crippen LogP contribution < -0.4 is 30.3 Å². The Bertz CT molecular complexity index is 2350. The number of piperazine rings is 1. The molecule has 0 radical (unpaired) electrons. The quantitative estimate of drug-likeness (QED) is 0.0702. The molecule has 0 spiro atoms. The number of urea groups is 1. The molecule has 2 aromatic heterocycles. The number of halogens is 1. The zero-order chi connectivity index (χ0) is 42.9. The molecule has 5 aromatic rings. The van der Waals surface area contributed by atoms with Gasteiger partial charge in [0, 0.05) is 73.2 Å². The fraction of sp³-hybridized carbons (Fsp3) is 0.467. The number of rotatable bonds is 19. The van der Waals surface area contributed by atoms with Crippen molar-refractivity contribution in [3.63, 3.8) is 0 Å². The average Bonchev–Trinajstić information content (AvgIpc) is 3.57. The number of unbranched alkanes of at least 4 members (excludes halogenated alkanes) is 6. The lowest BCUT2D eigenvalue weighted by molar-refractivity contribution is -0.131. The van der Waals surface area contributed by atoms with E-state index in [1.807, 2.05) is 61.3 Å². The zero-order valence-electron chi connectivity index (χ0n) is 35.6. The minimum absolute atomic E-state index is 0.0437. The van der Waals surface area contributed by atoms with Crippen molar-refractivity contribution in [1.82, 2.24) is 34.9 Å². The van der Waals surface area contributed by atoms with Crippen LogP contribution in [0.5, 0.6) is 11.5 Å². The molecule has 7 rings (SSSR count). The lowest BCUT2D eigenvalue weighted by atomic mass is 10.1. The lowest BCUT2D eigenvalue weighted by Gasteiger charge is -2.34. The lowest BCUT2D eigenvalue weighted by Crippen LogP contribution is -2.50. The van der Waals surface area contributed by atoms with E-state index in [0.29, 0.717) is 29.7 Å². The summed E-state index contributed by atoms with van der Waals surface area (Å²) in [5.41, 5.74) is 3.60. The Hall–Kier alpha value is -5.48. The number of ether oxygens (including phenoxy) is 2. The van der Waals surface area contributed by atoms with Crippen LogP contribution in [0.25, 0.3) is 21.8 Å².